The largest absolute Gasteiger partial charge is 0.506 e. The Morgan fingerprint density at radius 2 is 1.90 bits per heavy atom. The molecule has 0 aliphatic heterocycles. The van der Waals surface area contributed by atoms with Gasteiger partial charge in [-0.25, -0.2) is 0 Å². The molecule has 4 nitrogen and oxygen atoms in total. The lowest BCUT2D eigenvalue weighted by Gasteiger charge is -2.16. The number of rotatable bonds is 5. The summed E-state index contributed by atoms with van der Waals surface area (Å²) in [7, 11) is 4.11. The van der Waals surface area contributed by atoms with Crippen LogP contribution in [-0.2, 0) is 13.1 Å². The first-order valence-corrected chi connectivity index (χ1v) is 7.09. The van der Waals surface area contributed by atoms with Gasteiger partial charge in [0.1, 0.15) is 11.4 Å². The maximum absolute atomic E-state index is 9.86. The summed E-state index contributed by atoms with van der Waals surface area (Å²) in [6, 6.07) is 9.86. The SMILES string of the molecule is Cc1ccc(NCc2nc(C)ccc2O)c(CN(C)C)c1. The van der Waals surface area contributed by atoms with Gasteiger partial charge in [0.15, 0.2) is 0 Å². The Bertz CT molecular complexity index is 623. The monoisotopic (exact) mass is 285 g/mol. The van der Waals surface area contributed by atoms with E-state index in [4.69, 9.17) is 0 Å². The Morgan fingerprint density at radius 1 is 1.14 bits per heavy atom. The highest BCUT2D eigenvalue weighted by Crippen LogP contribution is 2.21. The third-order valence-corrected chi connectivity index (χ3v) is 3.28. The Kier molecular flexibility index (Phi) is 4.81. The second kappa shape index (κ2) is 6.59. The van der Waals surface area contributed by atoms with Crippen LogP contribution in [0.5, 0.6) is 5.75 Å². The summed E-state index contributed by atoms with van der Waals surface area (Å²) in [5.74, 6) is 0.231. The van der Waals surface area contributed by atoms with E-state index >= 15 is 0 Å². The van der Waals surface area contributed by atoms with Crippen LogP contribution < -0.4 is 5.32 Å². The van der Waals surface area contributed by atoms with Crippen molar-refractivity contribution in [1.29, 1.82) is 0 Å². The molecule has 0 fully saturated rings. The van der Waals surface area contributed by atoms with Gasteiger partial charge in [0, 0.05) is 17.9 Å². The normalized spacial score (nSPS) is 10.9. The molecule has 2 rings (SSSR count). The quantitative estimate of drug-likeness (QED) is 0.886. The predicted octanol–water partition coefficient (Wildman–Crippen LogP) is 3.08. The zero-order valence-corrected chi connectivity index (χ0v) is 13.1. The first-order valence-electron chi connectivity index (χ1n) is 7.09. The van der Waals surface area contributed by atoms with Gasteiger partial charge in [-0.1, -0.05) is 17.7 Å². The predicted molar refractivity (Wildman–Crippen MR) is 86.5 cm³/mol. The van der Waals surface area contributed by atoms with Crippen LogP contribution >= 0.6 is 0 Å². The van der Waals surface area contributed by atoms with Crippen molar-refractivity contribution in [3.63, 3.8) is 0 Å². The highest BCUT2D eigenvalue weighted by molar-refractivity contribution is 5.53. The lowest BCUT2D eigenvalue weighted by atomic mass is 10.1. The van der Waals surface area contributed by atoms with Crippen molar-refractivity contribution in [2.45, 2.75) is 26.9 Å². The van der Waals surface area contributed by atoms with E-state index in [1.54, 1.807) is 6.07 Å². The van der Waals surface area contributed by atoms with Crippen LogP contribution in [0.3, 0.4) is 0 Å². The Labute approximate surface area is 126 Å². The third-order valence-electron chi connectivity index (χ3n) is 3.28. The fraction of sp³-hybridized carbons (Fsp3) is 0.353. The summed E-state index contributed by atoms with van der Waals surface area (Å²) in [6.45, 7) is 5.40. The summed E-state index contributed by atoms with van der Waals surface area (Å²) in [6.07, 6.45) is 0. The van der Waals surface area contributed by atoms with Gasteiger partial charge in [-0.15, -0.1) is 0 Å². The number of anilines is 1. The number of aryl methyl sites for hydroxylation is 2. The maximum Gasteiger partial charge on any atom is 0.138 e. The van der Waals surface area contributed by atoms with Crippen LogP contribution in [0.1, 0.15) is 22.5 Å². The second-order valence-electron chi connectivity index (χ2n) is 5.67. The van der Waals surface area contributed by atoms with Crippen molar-refractivity contribution < 1.29 is 5.11 Å². The Morgan fingerprint density at radius 3 is 2.62 bits per heavy atom. The van der Waals surface area contributed by atoms with Crippen LogP contribution in [0.4, 0.5) is 5.69 Å². The molecule has 1 aromatic heterocycles. The summed E-state index contributed by atoms with van der Waals surface area (Å²) < 4.78 is 0. The molecular weight excluding hydrogens is 262 g/mol. The third kappa shape index (κ3) is 4.20. The molecule has 0 radical (unpaired) electrons. The van der Waals surface area contributed by atoms with Crippen LogP contribution in [-0.4, -0.2) is 29.1 Å². The van der Waals surface area contributed by atoms with Gasteiger partial charge in [0.05, 0.1) is 6.54 Å². The van der Waals surface area contributed by atoms with E-state index in [2.05, 4.69) is 54.4 Å². The molecule has 0 unspecified atom stereocenters. The number of nitrogens with one attached hydrogen (secondary N) is 1. The maximum atomic E-state index is 9.86. The topological polar surface area (TPSA) is 48.4 Å². The molecule has 0 saturated heterocycles. The van der Waals surface area contributed by atoms with Gasteiger partial charge in [0.25, 0.3) is 0 Å². The van der Waals surface area contributed by atoms with Crippen molar-refractivity contribution in [2.24, 2.45) is 0 Å². The van der Waals surface area contributed by atoms with E-state index in [0.717, 1.165) is 17.9 Å². The summed E-state index contributed by atoms with van der Waals surface area (Å²) in [4.78, 5) is 6.51. The van der Waals surface area contributed by atoms with E-state index in [-0.39, 0.29) is 5.75 Å². The van der Waals surface area contributed by atoms with Gasteiger partial charge < -0.3 is 15.3 Å². The standard InChI is InChI=1S/C17H23N3O/c1-12-5-7-15(14(9-12)11-20(3)4)18-10-16-17(21)8-6-13(2)19-16/h5-9,18,21H,10-11H2,1-4H3. The lowest BCUT2D eigenvalue weighted by molar-refractivity contribution is 0.403. The van der Waals surface area contributed by atoms with Gasteiger partial charge in [-0.2, -0.15) is 0 Å². The van der Waals surface area contributed by atoms with Crippen LogP contribution in [0.2, 0.25) is 0 Å². The number of hydrogen-bond acceptors (Lipinski definition) is 4. The van der Waals surface area contributed by atoms with Crippen molar-refractivity contribution in [1.82, 2.24) is 9.88 Å². The Balaban J connectivity index is 2.17. The highest BCUT2D eigenvalue weighted by Gasteiger charge is 2.07. The van der Waals surface area contributed by atoms with Crippen LogP contribution in [0.25, 0.3) is 0 Å². The molecule has 21 heavy (non-hydrogen) atoms. The zero-order valence-electron chi connectivity index (χ0n) is 13.1. The van der Waals surface area contributed by atoms with Gasteiger partial charge in [0.2, 0.25) is 0 Å². The highest BCUT2D eigenvalue weighted by atomic mass is 16.3. The molecule has 0 atom stereocenters. The fourth-order valence-corrected chi connectivity index (χ4v) is 2.28. The van der Waals surface area contributed by atoms with Crippen molar-refractivity contribution in [3.8, 4) is 5.75 Å². The number of nitrogens with zero attached hydrogens (tertiary/aromatic N) is 2. The molecule has 2 aromatic rings. The molecule has 0 spiro atoms. The van der Waals surface area contributed by atoms with E-state index in [0.29, 0.717) is 12.2 Å². The van der Waals surface area contributed by atoms with Gasteiger partial charge >= 0.3 is 0 Å². The molecule has 112 valence electrons. The number of benzene rings is 1. The number of aromatic nitrogens is 1. The molecule has 1 aromatic carbocycles. The number of aromatic hydroxyl groups is 1. The van der Waals surface area contributed by atoms with Crippen LogP contribution in [0, 0.1) is 13.8 Å². The second-order valence-corrected chi connectivity index (χ2v) is 5.67. The zero-order chi connectivity index (χ0) is 15.4. The van der Waals surface area contributed by atoms with E-state index in [9.17, 15) is 5.11 Å². The van der Waals surface area contributed by atoms with E-state index in [1.165, 1.54) is 11.1 Å². The smallest absolute Gasteiger partial charge is 0.138 e. The first-order chi connectivity index (χ1) is 9.95. The summed E-state index contributed by atoms with van der Waals surface area (Å²) >= 11 is 0. The molecule has 1 heterocycles. The molecule has 0 saturated carbocycles. The van der Waals surface area contributed by atoms with Gasteiger partial charge in [-0.3, -0.25) is 4.98 Å². The first kappa shape index (κ1) is 15.3. The minimum atomic E-state index is 0.231. The molecular formula is C17H23N3O. The molecule has 0 amide bonds. The average Bonchev–Trinajstić information content (AvgIpc) is 2.41. The number of pyridine rings is 1. The minimum absolute atomic E-state index is 0.231. The molecule has 0 bridgehead atoms. The lowest BCUT2D eigenvalue weighted by Crippen LogP contribution is -2.13. The fourth-order valence-electron chi connectivity index (χ4n) is 2.28. The molecule has 0 aliphatic carbocycles. The van der Waals surface area contributed by atoms with Gasteiger partial charge in [-0.05, 0) is 51.7 Å². The van der Waals surface area contributed by atoms with Crippen LogP contribution in [0.15, 0.2) is 30.3 Å². The van der Waals surface area contributed by atoms with E-state index in [1.807, 2.05) is 13.0 Å². The minimum Gasteiger partial charge on any atom is -0.506 e. The summed E-state index contributed by atoms with van der Waals surface area (Å²) in [5.41, 5.74) is 5.14. The van der Waals surface area contributed by atoms with E-state index < -0.39 is 0 Å². The molecule has 2 N–H and O–H groups in total. The van der Waals surface area contributed by atoms with Crippen molar-refractivity contribution in [2.75, 3.05) is 19.4 Å². The molecule has 4 heteroatoms. The number of hydrogen-bond donors (Lipinski definition) is 2. The van der Waals surface area contributed by atoms with Crippen molar-refractivity contribution in [3.05, 3.63) is 52.8 Å². The molecule has 0 aliphatic rings. The van der Waals surface area contributed by atoms with Crippen molar-refractivity contribution >= 4 is 5.69 Å². The summed E-state index contributed by atoms with van der Waals surface area (Å²) in [5, 5.41) is 13.2. The average molecular weight is 285 g/mol. The Hall–Kier alpha value is -2.07.